The average Bonchev–Trinajstić information content (AvgIpc) is 2.62. The molecule has 1 N–H and O–H groups in total. The van der Waals surface area contributed by atoms with Crippen molar-refractivity contribution in [1.29, 1.82) is 0 Å². The zero-order valence-electron chi connectivity index (χ0n) is 13.2. The molecule has 0 aliphatic carbocycles. The van der Waals surface area contributed by atoms with Crippen molar-refractivity contribution >= 4 is 23.5 Å². The second-order valence-electron chi connectivity index (χ2n) is 5.68. The van der Waals surface area contributed by atoms with E-state index in [0.717, 1.165) is 36.6 Å². The minimum Gasteiger partial charge on any atom is -0.353 e. The van der Waals surface area contributed by atoms with Crippen molar-refractivity contribution in [2.24, 2.45) is 0 Å². The van der Waals surface area contributed by atoms with E-state index in [1.54, 1.807) is 18.3 Å². The molecular weight excluding hydrogens is 327 g/mol. The van der Waals surface area contributed by atoms with E-state index in [1.807, 2.05) is 12.1 Å². The van der Waals surface area contributed by atoms with Crippen LogP contribution in [0.4, 0.5) is 10.2 Å². The van der Waals surface area contributed by atoms with Crippen molar-refractivity contribution in [2.75, 3.05) is 23.7 Å². The summed E-state index contributed by atoms with van der Waals surface area (Å²) in [4.78, 5) is 15.2. The number of halogens is 1. The van der Waals surface area contributed by atoms with Gasteiger partial charge in [-0.15, -0.1) is 16.9 Å². The third-order valence-corrected chi connectivity index (χ3v) is 4.86. The second kappa shape index (κ2) is 8.10. The fraction of sp³-hybridized carbons (Fsp3) is 0.353. The maximum atomic E-state index is 12.9. The maximum absolute atomic E-state index is 12.9. The highest BCUT2D eigenvalue weighted by atomic mass is 32.2. The number of amides is 1. The third-order valence-electron chi connectivity index (χ3n) is 3.85. The van der Waals surface area contributed by atoms with Crippen LogP contribution < -0.4 is 10.2 Å². The number of rotatable bonds is 5. The Hall–Kier alpha value is -2.15. The van der Waals surface area contributed by atoms with Gasteiger partial charge in [0.05, 0.1) is 5.75 Å². The predicted octanol–water partition coefficient (Wildman–Crippen LogP) is 2.49. The van der Waals surface area contributed by atoms with Crippen LogP contribution in [0.25, 0.3) is 0 Å². The molecular formula is C17H19FN4OS. The summed E-state index contributed by atoms with van der Waals surface area (Å²) in [5, 5.41) is 11.1. The number of benzene rings is 1. The molecule has 5 nitrogen and oxygen atoms in total. The van der Waals surface area contributed by atoms with Crippen LogP contribution in [-0.4, -0.2) is 41.0 Å². The van der Waals surface area contributed by atoms with Gasteiger partial charge in [-0.1, -0.05) is 0 Å². The predicted molar refractivity (Wildman–Crippen MR) is 92.5 cm³/mol. The minimum absolute atomic E-state index is 0.00433. The molecule has 126 valence electrons. The Kier molecular flexibility index (Phi) is 5.63. The minimum atomic E-state index is -0.268. The summed E-state index contributed by atoms with van der Waals surface area (Å²) < 4.78 is 12.9. The van der Waals surface area contributed by atoms with E-state index in [0.29, 0.717) is 5.75 Å². The van der Waals surface area contributed by atoms with Crippen molar-refractivity contribution in [3.05, 3.63) is 48.4 Å². The molecule has 1 aromatic carbocycles. The summed E-state index contributed by atoms with van der Waals surface area (Å²) in [6.07, 6.45) is 3.62. The van der Waals surface area contributed by atoms with Crippen molar-refractivity contribution in [2.45, 2.75) is 23.8 Å². The Labute approximate surface area is 144 Å². The summed E-state index contributed by atoms with van der Waals surface area (Å²) in [6.45, 7) is 1.67. The zero-order valence-corrected chi connectivity index (χ0v) is 14.0. The van der Waals surface area contributed by atoms with Gasteiger partial charge in [-0.3, -0.25) is 4.79 Å². The summed E-state index contributed by atoms with van der Waals surface area (Å²) in [7, 11) is 0. The first-order chi connectivity index (χ1) is 11.7. The van der Waals surface area contributed by atoms with E-state index in [9.17, 15) is 9.18 Å². The quantitative estimate of drug-likeness (QED) is 0.843. The highest BCUT2D eigenvalue weighted by Gasteiger charge is 2.22. The molecule has 0 spiro atoms. The van der Waals surface area contributed by atoms with E-state index in [2.05, 4.69) is 20.4 Å². The lowest BCUT2D eigenvalue weighted by Gasteiger charge is -2.33. The first-order valence-electron chi connectivity index (χ1n) is 7.91. The smallest absolute Gasteiger partial charge is 0.230 e. The second-order valence-corrected chi connectivity index (χ2v) is 6.73. The third kappa shape index (κ3) is 4.67. The molecule has 1 aromatic heterocycles. The van der Waals surface area contributed by atoms with Crippen LogP contribution in [0.5, 0.6) is 0 Å². The van der Waals surface area contributed by atoms with E-state index in [1.165, 1.54) is 23.9 Å². The van der Waals surface area contributed by atoms with Crippen molar-refractivity contribution in [3.8, 4) is 0 Å². The molecule has 0 radical (unpaired) electrons. The van der Waals surface area contributed by atoms with Crippen LogP contribution >= 0.6 is 11.8 Å². The van der Waals surface area contributed by atoms with Gasteiger partial charge in [0.15, 0.2) is 5.82 Å². The summed E-state index contributed by atoms with van der Waals surface area (Å²) in [5.74, 6) is 0.898. The number of hydrogen-bond acceptors (Lipinski definition) is 5. The number of piperidine rings is 1. The lowest BCUT2D eigenvalue weighted by molar-refractivity contribution is -0.119. The number of hydrogen-bond donors (Lipinski definition) is 1. The van der Waals surface area contributed by atoms with Crippen LogP contribution in [0.3, 0.4) is 0 Å². The summed E-state index contributed by atoms with van der Waals surface area (Å²) in [5.41, 5.74) is 0. The molecule has 2 heterocycles. The van der Waals surface area contributed by atoms with Gasteiger partial charge < -0.3 is 10.2 Å². The number of nitrogens with one attached hydrogen (secondary N) is 1. The number of carbonyl (C=O) groups is 1. The van der Waals surface area contributed by atoms with Crippen molar-refractivity contribution in [3.63, 3.8) is 0 Å². The van der Waals surface area contributed by atoms with Gasteiger partial charge in [-0.05, 0) is 49.2 Å². The average molecular weight is 346 g/mol. The van der Waals surface area contributed by atoms with E-state index >= 15 is 0 Å². The van der Waals surface area contributed by atoms with E-state index in [4.69, 9.17) is 0 Å². The van der Waals surface area contributed by atoms with Crippen LogP contribution in [0.2, 0.25) is 0 Å². The fourth-order valence-electron chi connectivity index (χ4n) is 2.71. The molecule has 2 aromatic rings. The number of carbonyl (C=O) groups excluding carboxylic acids is 1. The van der Waals surface area contributed by atoms with Gasteiger partial charge in [-0.25, -0.2) is 4.39 Å². The fourth-order valence-corrected chi connectivity index (χ4v) is 3.42. The molecule has 7 heteroatoms. The normalized spacial score (nSPS) is 17.5. The molecule has 1 atom stereocenters. The molecule has 1 amide bonds. The number of nitrogens with zero attached hydrogens (tertiary/aromatic N) is 3. The molecule has 0 unspecified atom stereocenters. The number of thioether (sulfide) groups is 1. The number of anilines is 1. The van der Waals surface area contributed by atoms with Gasteiger partial charge in [0.2, 0.25) is 5.91 Å². The lowest BCUT2D eigenvalue weighted by Crippen LogP contribution is -2.48. The standard InChI is InChI=1S/C17H19FN4OS/c18-13-5-7-15(8-6-13)24-12-17(23)20-14-3-2-10-22(11-14)16-4-1-9-19-21-16/h1,4-9,14H,2-3,10-12H2,(H,20,23)/t14-/m0/s1. The van der Waals surface area contributed by atoms with Gasteiger partial charge in [-0.2, -0.15) is 5.10 Å². The molecule has 1 aliphatic rings. The van der Waals surface area contributed by atoms with Crippen LogP contribution in [0.15, 0.2) is 47.5 Å². The van der Waals surface area contributed by atoms with Gasteiger partial charge >= 0.3 is 0 Å². The first-order valence-corrected chi connectivity index (χ1v) is 8.89. The van der Waals surface area contributed by atoms with Crippen LogP contribution in [0.1, 0.15) is 12.8 Å². The highest BCUT2D eigenvalue weighted by Crippen LogP contribution is 2.19. The monoisotopic (exact) mass is 346 g/mol. The Morgan fingerprint density at radius 1 is 1.33 bits per heavy atom. The van der Waals surface area contributed by atoms with Crippen molar-refractivity contribution in [1.82, 2.24) is 15.5 Å². The van der Waals surface area contributed by atoms with Gasteiger partial charge in [0, 0.05) is 30.2 Å². The zero-order chi connectivity index (χ0) is 16.8. The summed E-state index contributed by atoms with van der Waals surface area (Å²) in [6, 6.07) is 10.1. The molecule has 0 bridgehead atoms. The summed E-state index contributed by atoms with van der Waals surface area (Å²) >= 11 is 1.41. The lowest BCUT2D eigenvalue weighted by atomic mass is 10.1. The van der Waals surface area contributed by atoms with Crippen LogP contribution in [0, 0.1) is 5.82 Å². The molecule has 1 fully saturated rings. The Morgan fingerprint density at radius 3 is 2.92 bits per heavy atom. The van der Waals surface area contributed by atoms with Crippen molar-refractivity contribution < 1.29 is 9.18 Å². The van der Waals surface area contributed by atoms with Crippen LogP contribution in [-0.2, 0) is 4.79 Å². The first kappa shape index (κ1) is 16.7. The molecule has 24 heavy (non-hydrogen) atoms. The van der Waals surface area contributed by atoms with Gasteiger partial charge in [0.1, 0.15) is 5.82 Å². The molecule has 3 rings (SSSR count). The molecule has 1 aliphatic heterocycles. The Morgan fingerprint density at radius 2 is 2.17 bits per heavy atom. The SMILES string of the molecule is O=C(CSc1ccc(F)cc1)N[C@H]1CCCN(c2cccnn2)C1. The molecule has 1 saturated heterocycles. The highest BCUT2D eigenvalue weighted by molar-refractivity contribution is 8.00. The largest absolute Gasteiger partial charge is 0.353 e. The van der Waals surface area contributed by atoms with E-state index < -0.39 is 0 Å². The topological polar surface area (TPSA) is 58.1 Å². The van der Waals surface area contributed by atoms with Gasteiger partial charge in [0.25, 0.3) is 0 Å². The molecule has 0 saturated carbocycles. The Bertz CT molecular complexity index is 668. The number of aromatic nitrogens is 2. The van der Waals surface area contributed by atoms with E-state index in [-0.39, 0.29) is 17.8 Å². The maximum Gasteiger partial charge on any atom is 0.230 e. The Balaban J connectivity index is 1.48.